The number of ether oxygens (including phenoxy) is 1. The first-order valence-corrected chi connectivity index (χ1v) is 14.0. The van der Waals surface area contributed by atoms with Gasteiger partial charge in [0.2, 0.25) is 5.91 Å². The van der Waals surface area contributed by atoms with E-state index in [4.69, 9.17) is 4.74 Å². The molecule has 0 aliphatic heterocycles. The second-order valence-corrected chi connectivity index (χ2v) is 11.7. The number of alkyl carbamates (subject to hydrolysis) is 1. The molecular formula is C32H47N3O4. The van der Waals surface area contributed by atoms with Crippen LogP contribution in [-0.2, 0) is 20.7 Å². The Morgan fingerprint density at radius 1 is 0.923 bits per heavy atom. The van der Waals surface area contributed by atoms with Gasteiger partial charge in [-0.25, -0.2) is 4.79 Å². The molecule has 0 aliphatic rings. The smallest absolute Gasteiger partial charge is 0.408 e. The molecule has 7 heteroatoms. The summed E-state index contributed by atoms with van der Waals surface area (Å²) >= 11 is 0. The van der Waals surface area contributed by atoms with Gasteiger partial charge in [-0.3, -0.25) is 9.59 Å². The summed E-state index contributed by atoms with van der Waals surface area (Å²) < 4.78 is 5.39. The van der Waals surface area contributed by atoms with Crippen LogP contribution in [-0.4, -0.2) is 40.5 Å². The van der Waals surface area contributed by atoms with Gasteiger partial charge in [0.15, 0.2) is 0 Å². The highest BCUT2D eigenvalue weighted by molar-refractivity contribution is 5.99. The molecule has 0 spiro atoms. The zero-order valence-electron chi connectivity index (χ0n) is 25.1. The minimum atomic E-state index is -0.898. The van der Waals surface area contributed by atoms with E-state index in [0.717, 1.165) is 24.0 Å². The second-order valence-electron chi connectivity index (χ2n) is 11.7. The molecule has 214 valence electrons. The Bertz CT molecular complexity index is 1110. The number of nitrogens with one attached hydrogen (secondary N) is 2. The van der Waals surface area contributed by atoms with Crippen molar-refractivity contribution in [2.24, 2.45) is 5.92 Å². The first kappa shape index (κ1) is 31.9. The minimum absolute atomic E-state index is 0.263. The summed E-state index contributed by atoms with van der Waals surface area (Å²) in [4.78, 5) is 42.2. The molecule has 7 nitrogen and oxygen atoms in total. The van der Waals surface area contributed by atoms with Gasteiger partial charge in [0.1, 0.15) is 17.7 Å². The number of benzene rings is 2. The van der Waals surface area contributed by atoms with Gasteiger partial charge in [-0.2, -0.15) is 0 Å². The number of carbonyl (C=O) groups excluding carboxylic acids is 3. The third kappa shape index (κ3) is 9.72. The molecule has 0 fully saturated rings. The standard InChI is InChI=1S/C32H47N3O4/c1-10-25-17-19-26(20-18-25)28(29(36)34-27-14-12-11-13-22(27)4)35(23(5)16-15-21(2)3)30(37)24(6)33-31(38)39-32(7,8)9/h11-14,17-21,23-24,28H,10,15-16H2,1-9H3,(H,33,38)(H,34,36). The van der Waals surface area contributed by atoms with E-state index >= 15 is 0 Å². The molecule has 0 radical (unpaired) electrons. The summed E-state index contributed by atoms with van der Waals surface area (Å²) in [5, 5.41) is 5.73. The molecule has 2 rings (SSSR count). The number of hydrogen-bond acceptors (Lipinski definition) is 4. The fourth-order valence-electron chi connectivity index (χ4n) is 4.37. The van der Waals surface area contributed by atoms with Crippen molar-refractivity contribution in [2.45, 2.75) is 105 Å². The molecule has 0 saturated carbocycles. The maximum absolute atomic E-state index is 14.1. The van der Waals surface area contributed by atoms with Gasteiger partial charge in [0.05, 0.1) is 0 Å². The van der Waals surface area contributed by atoms with Gasteiger partial charge in [0, 0.05) is 11.7 Å². The Morgan fingerprint density at radius 2 is 1.54 bits per heavy atom. The third-order valence-electron chi connectivity index (χ3n) is 6.63. The van der Waals surface area contributed by atoms with Crippen molar-refractivity contribution in [3.8, 4) is 0 Å². The van der Waals surface area contributed by atoms with E-state index < -0.39 is 23.8 Å². The van der Waals surface area contributed by atoms with E-state index in [1.807, 2.05) is 62.4 Å². The molecule has 0 bridgehead atoms. The van der Waals surface area contributed by atoms with Crippen molar-refractivity contribution in [3.05, 3.63) is 65.2 Å². The molecule has 0 heterocycles. The van der Waals surface area contributed by atoms with Crippen LogP contribution in [0.3, 0.4) is 0 Å². The monoisotopic (exact) mass is 537 g/mol. The topological polar surface area (TPSA) is 87.7 Å². The van der Waals surface area contributed by atoms with Gasteiger partial charge in [0.25, 0.3) is 5.91 Å². The Morgan fingerprint density at radius 3 is 2.08 bits per heavy atom. The van der Waals surface area contributed by atoms with Gasteiger partial charge >= 0.3 is 6.09 Å². The first-order chi connectivity index (χ1) is 18.2. The largest absolute Gasteiger partial charge is 0.444 e. The quantitative estimate of drug-likeness (QED) is 0.330. The number of nitrogens with zero attached hydrogens (tertiary/aromatic N) is 1. The van der Waals surface area contributed by atoms with Crippen molar-refractivity contribution in [2.75, 3.05) is 5.32 Å². The molecule has 3 amide bonds. The van der Waals surface area contributed by atoms with Crippen molar-refractivity contribution >= 4 is 23.6 Å². The lowest BCUT2D eigenvalue weighted by atomic mass is 9.96. The number of carbonyl (C=O) groups is 3. The van der Waals surface area contributed by atoms with E-state index in [-0.39, 0.29) is 17.9 Å². The summed E-state index contributed by atoms with van der Waals surface area (Å²) in [6.07, 6.45) is 1.79. The highest BCUT2D eigenvalue weighted by Gasteiger charge is 2.37. The van der Waals surface area contributed by atoms with E-state index in [1.165, 1.54) is 0 Å². The summed E-state index contributed by atoms with van der Waals surface area (Å²) in [5.41, 5.74) is 2.78. The normalized spacial score (nSPS) is 13.8. The van der Waals surface area contributed by atoms with Crippen LogP contribution in [0.2, 0.25) is 0 Å². The number of hydrogen-bond donors (Lipinski definition) is 2. The second kappa shape index (κ2) is 14.2. The van der Waals surface area contributed by atoms with Gasteiger partial charge in [-0.15, -0.1) is 0 Å². The first-order valence-electron chi connectivity index (χ1n) is 14.0. The zero-order chi connectivity index (χ0) is 29.3. The van der Waals surface area contributed by atoms with E-state index in [9.17, 15) is 14.4 Å². The van der Waals surface area contributed by atoms with E-state index in [1.54, 1.807) is 32.6 Å². The Hall–Kier alpha value is -3.35. The van der Waals surface area contributed by atoms with Crippen LogP contribution in [0.5, 0.6) is 0 Å². The predicted molar refractivity (Wildman–Crippen MR) is 158 cm³/mol. The Kier molecular flexibility index (Phi) is 11.6. The SMILES string of the molecule is CCc1ccc(C(C(=O)Nc2ccccc2C)N(C(=O)C(C)NC(=O)OC(C)(C)C)C(C)CCC(C)C)cc1. The molecular weight excluding hydrogens is 490 g/mol. The van der Waals surface area contributed by atoms with Crippen LogP contribution in [0, 0.1) is 12.8 Å². The Balaban J connectivity index is 2.53. The van der Waals surface area contributed by atoms with Crippen LogP contribution >= 0.6 is 0 Å². The predicted octanol–water partition coefficient (Wildman–Crippen LogP) is 6.80. The van der Waals surface area contributed by atoms with Crippen LogP contribution in [0.4, 0.5) is 10.5 Å². The molecule has 39 heavy (non-hydrogen) atoms. The molecule has 2 aromatic rings. The average molecular weight is 538 g/mol. The summed E-state index contributed by atoms with van der Waals surface area (Å²) in [6, 6.07) is 13.3. The summed E-state index contributed by atoms with van der Waals surface area (Å²) in [5.74, 6) is -0.214. The third-order valence-corrected chi connectivity index (χ3v) is 6.63. The average Bonchev–Trinajstić information content (AvgIpc) is 2.85. The van der Waals surface area contributed by atoms with Crippen LogP contribution in [0.25, 0.3) is 0 Å². The number of rotatable bonds is 11. The number of aryl methyl sites for hydroxylation is 2. The van der Waals surface area contributed by atoms with Crippen molar-refractivity contribution in [1.82, 2.24) is 10.2 Å². The lowest BCUT2D eigenvalue weighted by Gasteiger charge is -2.38. The van der Waals surface area contributed by atoms with Crippen molar-refractivity contribution in [3.63, 3.8) is 0 Å². The van der Waals surface area contributed by atoms with Gasteiger partial charge < -0.3 is 20.3 Å². The van der Waals surface area contributed by atoms with Crippen LogP contribution in [0.15, 0.2) is 48.5 Å². The highest BCUT2D eigenvalue weighted by atomic mass is 16.6. The number of amides is 3. The fraction of sp³-hybridized carbons (Fsp3) is 0.531. The zero-order valence-corrected chi connectivity index (χ0v) is 25.1. The van der Waals surface area contributed by atoms with Crippen LogP contribution < -0.4 is 10.6 Å². The molecule has 2 aromatic carbocycles. The minimum Gasteiger partial charge on any atom is -0.444 e. The molecule has 0 aliphatic carbocycles. The summed E-state index contributed by atoms with van der Waals surface area (Å²) in [6.45, 7) is 17.2. The lowest BCUT2D eigenvalue weighted by Crippen LogP contribution is -2.54. The lowest BCUT2D eigenvalue weighted by molar-refractivity contribution is -0.143. The molecule has 3 unspecified atom stereocenters. The number of para-hydroxylation sites is 1. The summed E-state index contributed by atoms with van der Waals surface area (Å²) in [7, 11) is 0. The maximum Gasteiger partial charge on any atom is 0.408 e. The van der Waals surface area contributed by atoms with Crippen molar-refractivity contribution < 1.29 is 19.1 Å². The maximum atomic E-state index is 14.1. The van der Waals surface area contributed by atoms with Gasteiger partial charge in [-0.1, -0.05) is 63.2 Å². The highest BCUT2D eigenvalue weighted by Crippen LogP contribution is 2.29. The van der Waals surface area contributed by atoms with Crippen LogP contribution in [0.1, 0.15) is 91.0 Å². The van der Waals surface area contributed by atoms with E-state index in [2.05, 4.69) is 31.4 Å². The Labute approximate surface area is 234 Å². The molecule has 0 aromatic heterocycles. The fourth-order valence-corrected chi connectivity index (χ4v) is 4.37. The number of anilines is 1. The van der Waals surface area contributed by atoms with Crippen molar-refractivity contribution in [1.29, 1.82) is 0 Å². The molecule has 0 saturated heterocycles. The molecule has 3 atom stereocenters. The van der Waals surface area contributed by atoms with Gasteiger partial charge in [-0.05, 0) is 89.5 Å². The molecule has 2 N–H and O–H groups in total. The van der Waals surface area contributed by atoms with E-state index in [0.29, 0.717) is 23.6 Å².